The van der Waals surface area contributed by atoms with E-state index in [1.165, 1.54) is 25.5 Å². The maximum Gasteiger partial charge on any atom is 0.308 e. The minimum atomic E-state index is -0.758. The largest absolute Gasteiger partial charge is 0.469 e. The highest BCUT2D eigenvalue weighted by atomic mass is 16.5. The van der Waals surface area contributed by atoms with Crippen molar-refractivity contribution in [3.8, 4) is 0 Å². The standard InChI is InChI=1S/C13H16O3/c1-16-13(15)8-12(14)11-4-2-3-10(7-11)9-5-6-9/h2-4,7,9,12,14H,5-6,8H2,1H3/t12-/m1/s1. The van der Waals surface area contributed by atoms with Gasteiger partial charge in [0.2, 0.25) is 0 Å². The third-order valence-corrected chi connectivity index (χ3v) is 2.93. The molecule has 0 aliphatic heterocycles. The Morgan fingerprint density at radius 1 is 1.56 bits per heavy atom. The summed E-state index contributed by atoms with van der Waals surface area (Å²) in [5, 5.41) is 9.85. The fourth-order valence-electron chi connectivity index (χ4n) is 1.80. The number of esters is 1. The molecule has 0 unspecified atom stereocenters. The van der Waals surface area contributed by atoms with E-state index >= 15 is 0 Å². The molecule has 1 atom stereocenters. The Balaban J connectivity index is 2.07. The molecule has 1 aromatic carbocycles. The number of hydrogen-bond acceptors (Lipinski definition) is 3. The topological polar surface area (TPSA) is 46.5 Å². The van der Waals surface area contributed by atoms with E-state index in [0.29, 0.717) is 5.92 Å². The van der Waals surface area contributed by atoms with E-state index in [0.717, 1.165) is 5.56 Å². The van der Waals surface area contributed by atoms with Gasteiger partial charge >= 0.3 is 5.97 Å². The minimum Gasteiger partial charge on any atom is -0.469 e. The van der Waals surface area contributed by atoms with E-state index in [1.807, 2.05) is 18.2 Å². The molecule has 0 radical (unpaired) electrons. The van der Waals surface area contributed by atoms with Crippen LogP contribution in [0.25, 0.3) is 0 Å². The zero-order valence-electron chi connectivity index (χ0n) is 9.35. The summed E-state index contributed by atoms with van der Waals surface area (Å²) >= 11 is 0. The molecule has 1 aliphatic carbocycles. The molecular formula is C13H16O3. The molecule has 3 nitrogen and oxygen atoms in total. The molecule has 0 heterocycles. The number of hydrogen-bond donors (Lipinski definition) is 1. The molecule has 86 valence electrons. The maximum atomic E-state index is 11.0. The molecule has 0 amide bonds. The number of aliphatic hydroxyl groups is 1. The van der Waals surface area contributed by atoms with Crippen LogP contribution in [0.5, 0.6) is 0 Å². The van der Waals surface area contributed by atoms with Gasteiger partial charge in [-0.05, 0) is 29.9 Å². The summed E-state index contributed by atoms with van der Waals surface area (Å²) < 4.78 is 4.53. The molecule has 0 bridgehead atoms. The van der Waals surface area contributed by atoms with E-state index in [2.05, 4.69) is 10.8 Å². The van der Waals surface area contributed by atoms with Crippen molar-refractivity contribution in [1.82, 2.24) is 0 Å². The first-order chi connectivity index (χ1) is 7.70. The molecule has 1 saturated carbocycles. The summed E-state index contributed by atoms with van der Waals surface area (Å²) in [6, 6.07) is 7.85. The second kappa shape index (κ2) is 4.66. The number of aliphatic hydroxyl groups excluding tert-OH is 1. The van der Waals surface area contributed by atoms with Crippen molar-refractivity contribution in [2.24, 2.45) is 0 Å². The number of carbonyl (C=O) groups excluding carboxylic acids is 1. The highest BCUT2D eigenvalue weighted by Gasteiger charge is 2.24. The van der Waals surface area contributed by atoms with Crippen LogP contribution in [0.2, 0.25) is 0 Å². The SMILES string of the molecule is COC(=O)C[C@@H](O)c1cccc(C2CC2)c1. The van der Waals surface area contributed by atoms with Crippen LogP contribution in [0.4, 0.5) is 0 Å². The van der Waals surface area contributed by atoms with Crippen molar-refractivity contribution in [1.29, 1.82) is 0 Å². The summed E-state index contributed by atoms with van der Waals surface area (Å²) in [6.07, 6.45) is 1.73. The maximum absolute atomic E-state index is 11.0. The fraction of sp³-hybridized carbons (Fsp3) is 0.462. The van der Waals surface area contributed by atoms with Gasteiger partial charge in [0.1, 0.15) is 0 Å². The lowest BCUT2D eigenvalue weighted by Crippen LogP contribution is -2.08. The first-order valence-corrected chi connectivity index (χ1v) is 5.55. The van der Waals surface area contributed by atoms with Crippen LogP contribution in [0.3, 0.4) is 0 Å². The third kappa shape index (κ3) is 2.61. The lowest BCUT2D eigenvalue weighted by atomic mass is 10.0. The lowest BCUT2D eigenvalue weighted by Gasteiger charge is -2.10. The molecule has 1 N–H and O–H groups in total. The van der Waals surface area contributed by atoms with Crippen LogP contribution in [0, 0.1) is 0 Å². The Morgan fingerprint density at radius 2 is 2.31 bits per heavy atom. The summed E-state index contributed by atoms with van der Waals surface area (Å²) in [4.78, 5) is 11.0. The molecule has 2 rings (SSSR count). The van der Waals surface area contributed by atoms with E-state index in [1.54, 1.807) is 0 Å². The van der Waals surface area contributed by atoms with Crippen LogP contribution in [0.1, 0.15) is 42.4 Å². The predicted octanol–water partition coefficient (Wildman–Crippen LogP) is 2.16. The van der Waals surface area contributed by atoms with E-state index < -0.39 is 6.10 Å². The van der Waals surface area contributed by atoms with Crippen molar-refractivity contribution >= 4 is 5.97 Å². The number of rotatable bonds is 4. The Morgan fingerprint density at radius 3 is 2.94 bits per heavy atom. The smallest absolute Gasteiger partial charge is 0.308 e. The van der Waals surface area contributed by atoms with Gasteiger partial charge in [-0.1, -0.05) is 24.3 Å². The van der Waals surface area contributed by atoms with Crippen molar-refractivity contribution in [3.63, 3.8) is 0 Å². The lowest BCUT2D eigenvalue weighted by molar-refractivity contribution is -0.142. The van der Waals surface area contributed by atoms with Gasteiger partial charge in [0.05, 0.1) is 19.6 Å². The van der Waals surface area contributed by atoms with Gasteiger partial charge in [-0.15, -0.1) is 0 Å². The Labute approximate surface area is 95.0 Å². The molecule has 0 spiro atoms. The first kappa shape index (κ1) is 11.1. The van der Waals surface area contributed by atoms with Crippen LogP contribution < -0.4 is 0 Å². The molecule has 1 aromatic rings. The monoisotopic (exact) mass is 220 g/mol. The van der Waals surface area contributed by atoms with Crippen molar-refractivity contribution in [2.45, 2.75) is 31.3 Å². The zero-order chi connectivity index (χ0) is 11.5. The number of benzene rings is 1. The second-order valence-corrected chi connectivity index (χ2v) is 4.24. The first-order valence-electron chi connectivity index (χ1n) is 5.55. The van der Waals surface area contributed by atoms with Gasteiger partial charge in [-0.3, -0.25) is 4.79 Å². The Bertz CT molecular complexity index is 383. The van der Waals surface area contributed by atoms with Gasteiger partial charge in [0.15, 0.2) is 0 Å². The van der Waals surface area contributed by atoms with Crippen LogP contribution in [0.15, 0.2) is 24.3 Å². The van der Waals surface area contributed by atoms with Crippen molar-refractivity contribution in [2.75, 3.05) is 7.11 Å². The third-order valence-electron chi connectivity index (χ3n) is 2.93. The normalized spacial score (nSPS) is 16.9. The van der Waals surface area contributed by atoms with Crippen LogP contribution >= 0.6 is 0 Å². The summed E-state index contributed by atoms with van der Waals surface area (Å²) in [5.74, 6) is 0.273. The summed E-state index contributed by atoms with van der Waals surface area (Å²) in [7, 11) is 1.33. The average molecular weight is 220 g/mol. The highest BCUT2D eigenvalue weighted by Crippen LogP contribution is 2.40. The number of ether oxygens (including phenoxy) is 1. The molecule has 1 aliphatic rings. The van der Waals surface area contributed by atoms with E-state index in [4.69, 9.17) is 0 Å². The fourth-order valence-corrected chi connectivity index (χ4v) is 1.80. The minimum absolute atomic E-state index is 0.0185. The van der Waals surface area contributed by atoms with E-state index in [9.17, 15) is 9.90 Å². The summed E-state index contributed by atoms with van der Waals surface area (Å²) in [5.41, 5.74) is 2.07. The number of methoxy groups -OCH3 is 1. The molecule has 0 aromatic heterocycles. The number of carbonyl (C=O) groups is 1. The quantitative estimate of drug-likeness (QED) is 0.791. The van der Waals surface area contributed by atoms with Crippen molar-refractivity contribution in [3.05, 3.63) is 35.4 Å². The molecule has 1 fully saturated rings. The van der Waals surface area contributed by atoms with Gasteiger partial charge in [0.25, 0.3) is 0 Å². The summed E-state index contributed by atoms with van der Waals surface area (Å²) in [6.45, 7) is 0. The van der Waals surface area contributed by atoms with Crippen LogP contribution in [-0.2, 0) is 9.53 Å². The van der Waals surface area contributed by atoms with E-state index in [-0.39, 0.29) is 12.4 Å². The van der Waals surface area contributed by atoms with Gasteiger partial charge in [-0.2, -0.15) is 0 Å². The van der Waals surface area contributed by atoms with Gasteiger partial charge in [0, 0.05) is 0 Å². The van der Waals surface area contributed by atoms with Crippen molar-refractivity contribution < 1.29 is 14.6 Å². The molecule has 16 heavy (non-hydrogen) atoms. The molecule has 0 saturated heterocycles. The second-order valence-electron chi connectivity index (χ2n) is 4.24. The predicted molar refractivity (Wildman–Crippen MR) is 60.0 cm³/mol. The molecule has 3 heteroatoms. The zero-order valence-corrected chi connectivity index (χ0v) is 9.35. The van der Waals surface area contributed by atoms with Crippen LogP contribution in [-0.4, -0.2) is 18.2 Å². The van der Waals surface area contributed by atoms with Gasteiger partial charge in [-0.25, -0.2) is 0 Å². The Hall–Kier alpha value is -1.35. The average Bonchev–Trinajstić information content (AvgIpc) is 3.13. The highest BCUT2D eigenvalue weighted by molar-refractivity contribution is 5.70. The molecular weight excluding hydrogens is 204 g/mol. The van der Waals surface area contributed by atoms with Gasteiger partial charge < -0.3 is 9.84 Å². The Kier molecular flexibility index (Phi) is 3.25.